The first kappa shape index (κ1) is 19.9. The summed E-state index contributed by atoms with van der Waals surface area (Å²) in [7, 11) is 0. The molecule has 146 valence electrons. The summed E-state index contributed by atoms with van der Waals surface area (Å²) in [4.78, 5) is 39.6. The summed E-state index contributed by atoms with van der Waals surface area (Å²) in [6.45, 7) is 3.18. The molecule has 2 aromatic rings. The van der Waals surface area contributed by atoms with Gasteiger partial charge in [-0.15, -0.1) is 11.8 Å². The van der Waals surface area contributed by atoms with E-state index in [0.717, 1.165) is 4.90 Å². The number of ether oxygens (including phenoxy) is 1. The number of nitrogens with one attached hydrogen (secondary N) is 1. The van der Waals surface area contributed by atoms with Crippen molar-refractivity contribution in [3.63, 3.8) is 0 Å². The monoisotopic (exact) mass is 398 g/mol. The zero-order chi connectivity index (χ0) is 20.1. The zero-order valence-corrected chi connectivity index (χ0v) is 16.6. The fourth-order valence-corrected chi connectivity index (χ4v) is 3.93. The first-order valence-corrected chi connectivity index (χ1v) is 9.93. The second kappa shape index (κ2) is 8.93. The van der Waals surface area contributed by atoms with E-state index >= 15 is 0 Å². The Balaban J connectivity index is 1.65. The largest absolute Gasteiger partial charge is 0.455 e. The van der Waals surface area contributed by atoms with Crippen molar-refractivity contribution in [3.05, 3.63) is 54.6 Å². The highest BCUT2D eigenvalue weighted by Crippen LogP contribution is 2.31. The smallest absolute Gasteiger partial charge is 0.319 e. The van der Waals surface area contributed by atoms with Crippen molar-refractivity contribution in [1.82, 2.24) is 0 Å². The van der Waals surface area contributed by atoms with E-state index in [1.165, 1.54) is 16.7 Å². The first-order chi connectivity index (χ1) is 13.5. The van der Waals surface area contributed by atoms with Crippen LogP contribution in [0.5, 0.6) is 0 Å². The highest BCUT2D eigenvalue weighted by atomic mass is 32.2. The van der Waals surface area contributed by atoms with E-state index in [2.05, 4.69) is 5.32 Å². The fourth-order valence-electron chi connectivity index (χ4n) is 3.04. The molecule has 6 nitrogen and oxygen atoms in total. The Labute approximate surface area is 168 Å². The number of nitrogens with zero attached hydrogens (tertiary/aromatic N) is 1. The summed E-state index contributed by atoms with van der Waals surface area (Å²) >= 11 is 1.38. The SMILES string of the molecule is C[C@H](Sc1ccccc1)C(=O)OCC(=O)N1c2ccccc2NC(=O)C[C@H]1C. The van der Waals surface area contributed by atoms with Crippen LogP contribution in [0.15, 0.2) is 59.5 Å². The molecule has 3 rings (SSSR count). The van der Waals surface area contributed by atoms with Gasteiger partial charge in [0.2, 0.25) is 5.91 Å². The maximum atomic E-state index is 12.8. The summed E-state index contributed by atoms with van der Waals surface area (Å²) in [5, 5.41) is 2.37. The first-order valence-electron chi connectivity index (χ1n) is 9.05. The average Bonchev–Trinajstić information content (AvgIpc) is 2.80. The van der Waals surface area contributed by atoms with Crippen molar-refractivity contribution in [3.8, 4) is 0 Å². The van der Waals surface area contributed by atoms with Crippen LogP contribution in [0.1, 0.15) is 20.3 Å². The van der Waals surface area contributed by atoms with Crippen LogP contribution >= 0.6 is 11.8 Å². The number of carbonyl (C=O) groups excluding carboxylic acids is 3. The highest BCUT2D eigenvalue weighted by molar-refractivity contribution is 8.00. The Hall–Kier alpha value is -2.80. The molecule has 1 heterocycles. The molecular weight excluding hydrogens is 376 g/mol. The van der Waals surface area contributed by atoms with Crippen LogP contribution in [0.2, 0.25) is 0 Å². The predicted molar refractivity (Wildman–Crippen MR) is 109 cm³/mol. The Kier molecular flexibility index (Phi) is 6.36. The van der Waals surface area contributed by atoms with Gasteiger partial charge in [0.1, 0.15) is 5.25 Å². The molecule has 1 aliphatic rings. The molecule has 7 heteroatoms. The minimum Gasteiger partial charge on any atom is -0.455 e. The van der Waals surface area contributed by atoms with E-state index < -0.39 is 11.2 Å². The summed E-state index contributed by atoms with van der Waals surface area (Å²) in [6, 6.07) is 16.3. The maximum absolute atomic E-state index is 12.8. The van der Waals surface area contributed by atoms with Crippen molar-refractivity contribution in [2.24, 2.45) is 0 Å². The lowest BCUT2D eigenvalue weighted by atomic mass is 10.1. The molecule has 2 aromatic carbocycles. The van der Waals surface area contributed by atoms with E-state index in [1.807, 2.05) is 30.3 Å². The van der Waals surface area contributed by atoms with E-state index in [0.29, 0.717) is 11.4 Å². The van der Waals surface area contributed by atoms with Gasteiger partial charge in [-0.1, -0.05) is 30.3 Å². The van der Waals surface area contributed by atoms with Crippen LogP contribution in [0.25, 0.3) is 0 Å². The highest BCUT2D eigenvalue weighted by Gasteiger charge is 2.30. The minimum absolute atomic E-state index is 0.153. The molecule has 0 spiro atoms. The molecule has 0 aliphatic carbocycles. The van der Waals surface area contributed by atoms with E-state index in [9.17, 15) is 14.4 Å². The summed E-state index contributed by atoms with van der Waals surface area (Å²) in [5.74, 6) is -0.964. The standard InChI is InChI=1S/C21H22N2O4S/c1-14-12-19(24)22-17-10-6-7-11-18(17)23(14)20(25)13-27-21(26)15(2)28-16-8-4-3-5-9-16/h3-11,14-15H,12-13H2,1-2H3,(H,22,24)/t14-,15+/m1/s1. The van der Waals surface area contributed by atoms with Crippen molar-refractivity contribution in [2.45, 2.75) is 36.5 Å². The third-order valence-corrected chi connectivity index (χ3v) is 5.44. The Morgan fingerprint density at radius 1 is 1.18 bits per heavy atom. The van der Waals surface area contributed by atoms with Crippen molar-refractivity contribution in [1.29, 1.82) is 0 Å². The number of hydrogen-bond donors (Lipinski definition) is 1. The molecule has 28 heavy (non-hydrogen) atoms. The van der Waals surface area contributed by atoms with Crippen LogP contribution in [0, 0.1) is 0 Å². The molecule has 2 atom stereocenters. The van der Waals surface area contributed by atoms with E-state index in [-0.39, 0.29) is 30.9 Å². The van der Waals surface area contributed by atoms with Gasteiger partial charge in [0.05, 0.1) is 11.4 Å². The Morgan fingerprint density at radius 3 is 2.61 bits per heavy atom. The van der Waals surface area contributed by atoms with Crippen LogP contribution in [0.4, 0.5) is 11.4 Å². The molecule has 1 aliphatic heterocycles. The molecule has 0 saturated heterocycles. The topological polar surface area (TPSA) is 75.7 Å². The molecule has 1 N–H and O–H groups in total. The Bertz CT molecular complexity index is 872. The van der Waals surface area contributed by atoms with Gasteiger partial charge in [-0.3, -0.25) is 14.4 Å². The maximum Gasteiger partial charge on any atom is 0.319 e. The van der Waals surface area contributed by atoms with Crippen molar-refractivity contribution < 1.29 is 19.1 Å². The van der Waals surface area contributed by atoms with E-state index in [1.54, 1.807) is 38.1 Å². The number of hydrogen-bond acceptors (Lipinski definition) is 5. The van der Waals surface area contributed by atoms with Crippen molar-refractivity contribution >= 4 is 40.9 Å². The van der Waals surface area contributed by atoms with Crippen LogP contribution in [0.3, 0.4) is 0 Å². The normalized spacial score (nSPS) is 17.1. The Morgan fingerprint density at radius 2 is 1.86 bits per heavy atom. The minimum atomic E-state index is -0.452. The molecule has 0 bridgehead atoms. The second-order valence-corrected chi connectivity index (χ2v) is 7.98. The number of carbonyl (C=O) groups is 3. The number of anilines is 2. The molecule has 0 saturated carbocycles. The molecule has 0 unspecified atom stereocenters. The number of rotatable bonds is 5. The molecule has 0 fully saturated rings. The van der Waals surface area contributed by atoms with Gasteiger partial charge in [-0.25, -0.2) is 0 Å². The number of benzene rings is 2. The molecular formula is C21H22N2O4S. The average molecular weight is 398 g/mol. The number of esters is 1. The number of fused-ring (bicyclic) bond motifs is 1. The summed E-state index contributed by atoms with van der Waals surface area (Å²) < 4.78 is 5.27. The molecule has 2 amide bonds. The third kappa shape index (κ3) is 4.72. The zero-order valence-electron chi connectivity index (χ0n) is 15.8. The van der Waals surface area contributed by atoms with Crippen LogP contribution in [-0.4, -0.2) is 35.7 Å². The molecule has 0 radical (unpaired) electrons. The van der Waals surface area contributed by atoms with Gasteiger partial charge in [0.25, 0.3) is 5.91 Å². The number of para-hydroxylation sites is 2. The lowest BCUT2D eigenvalue weighted by Gasteiger charge is -2.27. The van der Waals surface area contributed by atoms with E-state index in [4.69, 9.17) is 4.74 Å². The van der Waals surface area contributed by atoms with Crippen LogP contribution in [-0.2, 0) is 19.1 Å². The van der Waals surface area contributed by atoms with Gasteiger partial charge < -0.3 is 15.0 Å². The third-order valence-electron chi connectivity index (χ3n) is 4.35. The lowest BCUT2D eigenvalue weighted by Crippen LogP contribution is -2.42. The van der Waals surface area contributed by atoms with Gasteiger partial charge in [0, 0.05) is 17.4 Å². The quantitative estimate of drug-likeness (QED) is 0.616. The summed E-state index contributed by atoms with van der Waals surface area (Å²) in [5.41, 5.74) is 1.18. The molecule has 0 aromatic heterocycles. The predicted octanol–water partition coefficient (Wildman–Crippen LogP) is 3.47. The van der Waals surface area contributed by atoms with Gasteiger partial charge in [-0.05, 0) is 38.1 Å². The van der Waals surface area contributed by atoms with Crippen molar-refractivity contribution in [2.75, 3.05) is 16.8 Å². The van der Waals surface area contributed by atoms with Gasteiger partial charge in [0.15, 0.2) is 6.61 Å². The number of thioether (sulfide) groups is 1. The lowest BCUT2D eigenvalue weighted by molar-refractivity contribution is -0.147. The fraction of sp³-hybridized carbons (Fsp3) is 0.286. The number of amides is 2. The van der Waals surface area contributed by atoms with Gasteiger partial charge in [-0.2, -0.15) is 0 Å². The van der Waals surface area contributed by atoms with Crippen LogP contribution < -0.4 is 10.2 Å². The second-order valence-electron chi connectivity index (χ2n) is 6.56. The summed E-state index contributed by atoms with van der Waals surface area (Å²) in [6.07, 6.45) is 0.175. The van der Waals surface area contributed by atoms with Gasteiger partial charge >= 0.3 is 5.97 Å².